The smallest absolute Gasteiger partial charge is 0.236 e. The summed E-state index contributed by atoms with van der Waals surface area (Å²) >= 11 is 18.6. The molecule has 2 aromatic rings. The average molecular weight is 472 g/mol. The van der Waals surface area contributed by atoms with Gasteiger partial charge < -0.3 is 20.0 Å². The van der Waals surface area contributed by atoms with Gasteiger partial charge in [-0.05, 0) is 38.7 Å². The van der Waals surface area contributed by atoms with E-state index in [4.69, 9.17) is 34.8 Å². The molecule has 0 bridgehead atoms. The van der Waals surface area contributed by atoms with Crippen LogP contribution in [0.5, 0.6) is 0 Å². The van der Waals surface area contributed by atoms with Crippen molar-refractivity contribution in [1.29, 1.82) is 0 Å². The van der Waals surface area contributed by atoms with Gasteiger partial charge in [-0.3, -0.25) is 4.79 Å². The summed E-state index contributed by atoms with van der Waals surface area (Å²) in [6.45, 7) is 4.99. The van der Waals surface area contributed by atoms with Crippen molar-refractivity contribution in [3.8, 4) is 0 Å². The summed E-state index contributed by atoms with van der Waals surface area (Å²) in [5.74, 6) is 1.25. The number of likely N-dealkylation sites (N-methyl/N-ethyl adjacent to an activating group) is 1. The number of rotatable bonds is 6. The SMILES string of the molecule is C[C@@H](Nc1nc(N2CCN(C(=O)CN(C)C)CC2)ncc1Cl)c1ccc(Cl)cc1Cl. The predicted octanol–water partition coefficient (Wildman–Crippen LogP) is 3.82. The summed E-state index contributed by atoms with van der Waals surface area (Å²) in [6.07, 6.45) is 1.59. The van der Waals surface area contributed by atoms with Crippen molar-refractivity contribution in [1.82, 2.24) is 19.8 Å². The van der Waals surface area contributed by atoms with Gasteiger partial charge >= 0.3 is 0 Å². The Bertz CT molecular complexity index is 902. The molecule has 1 atom stereocenters. The molecular weight excluding hydrogens is 447 g/mol. The third-order valence-electron chi connectivity index (χ3n) is 4.88. The zero-order valence-electron chi connectivity index (χ0n) is 17.2. The standard InChI is InChI=1S/C20H25Cl3N6O/c1-13(15-5-4-14(21)10-16(15)22)25-19-17(23)11-24-20(26-19)29-8-6-28(7-9-29)18(30)12-27(2)3/h4-5,10-11,13H,6-9,12H2,1-3H3,(H,24,25,26)/t13-/m1/s1. The van der Waals surface area contributed by atoms with Gasteiger partial charge in [-0.1, -0.05) is 40.9 Å². The molecule has 0 aliphatic carbocycles. The predicted molar refractivity (Wildman–Crippen MR) is 123 cm³/mol. The summed E-state index contributed by atoms with van der Waals surface area (Å²) < 4.78 is 0. The maximum atomic E-state index is 12.2. The molecule has 7 nitrogen and oxygen atoms in total. The van der Waals surface area contributed by atoms with Crippen molar-refractivity contribution >= 4 is 52.5 Å². The fourth-order valence-corrected chi connectivity index (χ4v) is 3.99. The van der Waals surface area contributed by atoms with Crippen LogP contribution in [0.3, 0.4) is 0 Å². The molecule has 1 amide bonds. The number of piperazine rings is 1. The Morgan fingerprint density at radius 1 is 1.17 bits per heavy atom. The number of carbonyl (C=O) groups excluding carboxylic acids is 1. The van der Waals surface area contributed by atoms with E-state index < -0.39 is 0 Å². The van der Waals surface area contributed by atoms with Gasteiger partial charge in [-0.15, -0.1) is 0 Å². The second-order valence-corrected chi connectivity index (χ2v) is 8.75. The number of aromatic nitrogens is 2. The Morgan fingerprint density at radius 3 is 2.50 bits per heavy atom. The summed E-state index contributed by atoms with van der Waals surface area (Å²) in [5, 5.41) is 4.89. The summed E-state index contributed by atoms with van der Waals surface area (Å²) in [5.41, 5.74) is 0.894. The lowest BCUT2D eigenvalue weighted by Crippen LogP contribution is -2.51. The van der Waals surface area contributed by atoms with Crippen molar-refractivity contribution in [3.63, 3.8) is 0 Å². The van der Waals surface area contributed by atoms with E-state index in [2.05, 4.69) is 20.2 Å². The lowest BCUT2D eigenvalue weighted by molar-refractivity contribution is -0.132. The van der Waals surface area contributed by atoms with Gasteiger partial charge in [-0.2, -0.15) is 4.98 Å². The molecular formula is C20H25Cl3N6O. The molecule has 1 aliphatic heterocycles. The van der Waals surface area contributed by atoms with Crippen molar-refractivity contribution in [3.05, 3.63) is 45.0 Å². The summed E-state index contributed by atoms with van der Waals surface area (Å²) in [6, 6.07) is 5.25. The first-order chi connectivity index (χ1) is 14.2. The van der Waals surface area contributed by atoms with Crippen LogP contribution in [0.4, 0.5) is 11.8 Å². The van der Waals surface area contributed by atoms with Crippen LogP contribution in [0.1, 0.15) is 18.5 Å². The molecule has 1 N–H and O–H groups in total. The highest BCUT2D eigenvalue weighted by atomic mass is 35.5. The van der Waals surface area contributed by atoms with Crippen LogP contribution in [-0.4, -0.2) is 72.5 Å². The van der Waals surface area contributed by atoms with Crippen LogP contribution < -0.4 is 10.2 Å². The molecule has 30 heavy (non-hydrogen) atoms. The number of halogens is 3. The molecule has 1 saturated heterocycles. The second-order valence-electron chi connectivity index (χ2n) is 7.50. The van der Waals surface area contributed by atoms with Gasteiger partial charge in [0.2, 0.25) is 11.9 Å². The largest absolute Gasteiger partial charge is 0.362 e. The number of benzene rings is 1. The van der Waals surface area contributed by atoms with Gasteiger partial charge in [0, 0.05) is 36.2 Å². The minimum Gasteiger partial charge on any atom is -0.362 e. The zero-order valence-corrected chi connectivity index (χ0v) is 19.5. The highest BCUT2D eigenvalue weighted by molar-refractivity contribution is 6.35. The number of nitrogens with zero attached hydrogens (tertiary/aromatic N) is 5. The zero-order chi connectivity index (χ0) is 21.8. The molecule has 1 fully saturated rings. The third kappa shape index (κ3) is 5.66. The van der Waals surface area contributed by atoms with Crippen LogP contribution in [0.15, 0.2) is 24.4 Å². The number of hydrogen-bond donors (Lipinski definition) is 1. The van der Waals surface area contributed by atoms with E-state index in [0.717, 1.165) is 5.56 Å². The van der Waals surface area contributed by atoms with E-state index in [9.17, 15) is 4.79 Å². The van der Waals surface area contributed by atoms with E-state index in [1.807, 2.05) is 36.9 Å². The topological polar surface area (TPSA) is 64.6 Å². The average Bonchev–Trinajstić information content (AvgIpc) is 2.69. The minimum absolute atomic E-state index is 0.129. The summed E-state index contributed by atoms with van der Waals surface area (Å²) in [4.78, 5) is 27.0. The highest BCUT2D eigenvalue weighted by Gasteiger charge is 2.23. The fraction of sp³-hybridized carbons (Fsp3) is 0.450. The molecule has 1 aromatic carbocycles. The number of nitrogens with one attached hydrogen (secondary N) is 1. The van der Waals surface area contributed by atoms with E-state index in [0.29, 0.717) is 59.6 Å². The monoisotopic (exact) mass is 470 g/mol. The second kappa shape index (κ2) is 10.0. The van der Waals surface area contributed by atoms with Gasteiger partial charge in [0.25, 0.3) is 0 Å². The maximum Gasteiger partial charge on any atom is 0.236 e. The van der Waals surface area contributed by atoms with Crippen LogP contribution in [0.25, 0.3) is 0 Å². The van der Waals surface area contributed by atoms with E-state index >= 15 is 0 Å². The van der Waals surface area contributed by atoms with Crippen molar-refractivity contribution in [2.45, 2.75) is 13.0 Å². The van der Waals surface area contributed by atoms with E-state index in [1.165, 1.54) is 0 Å². The van der Waals surface area contributed by atoms with Gasteiger partial charge in [0.05, 0.1) is 18.8 Å². The Morgan fingerprint density at radius 2 is 1.87 bits per heavy atom. The van der Waals surface area contributed by atoms with Gasteiger partial charge in [0.1, 0.15) is 5.02 Å². The van der Waals surface area contributed by atoms with Crippen LogP contribution in [0.2, 0.25) is 15.1 Å². The normalized spacial score (nSPS) is 15.4. The van der Waals surface area contributed by atoms with Crippen molar-refractivity contribution in [2.75, 3.05) is 57.0 Å². The maximum absolute atomic E-state index is 12.2. The van der Waals surface area contributed by atoms with E-state index in [-0.39, 0.29) is 11.9 Å². The Hall–Kier alpha value is -1.80. The van der Waals surface area contributed by atoms with Crippen LogP contribution in [0, 0.1) is 0 Å². The first-order valence-corrected chi connectivity index (χ1v) is 10.8. The molecule has 0 saturated carbocycles. The lowest BCUT2D eigenvalue weighted by Gasteiger charge is -2.35. The fourth-order valence-electron chi connectivity index (χ4n) is 3.27. The Balaban J connectivity index is 1.68. The van der Waals surface area contributed by atoms with Crippen LogP contribution >= 0.6 is 34.8 Å². The molecule has 1 aliphatic rings. The Kier molecular flexibility index (Phi) is 7.63. The van der Waals surface area contributed by atoms with Gasteiger partial charge in [0.15, 0.2) is 5.82 Å². The quantitative estimate of drug-likeness (QED) is 0.691. The van der Waals surface area contributed by atoms with Crippen molar-refractivity contribution in [2.24, 2.45) is 0 Å². The first-order valence-electron chi connectivity index (χ1n) is 9.66. The molecule has 1 aromatic heterocycles. The molecule has 10 heteroatoms. The molecule has 0 spiro atoms. The molecule has 0 radical (unpaired) electrons. The lowest BCUT2D eigenvalue weighted by atomic mass is 10.1. The van der Waals surface area contributed by atoms with E-state index in [1.54, 1.807) is 18.3 Å². The number of anilines is 2. The summed E-state index contributed by atoms with van der Waals surface area (Å²) in [7, 11) is 3.78. The third-order valence-corrected chi connectivity index (χ3v) is 5.72. The first kappa shape index (κ1) is 22.9. The minimum atomic E-state index is -0.129. The number of amides is 1. The molecule has 3 rings (SSSR count). The Labute approximate surface area is 191 Å². The number of hydrogen-bond acceptors (Lipinski definition) is 6. The van der Waals surface area contributed by atoms with Gasteiger partial charge in [-0.25, -0.2) is 4.98 Å². The number of carbonyl (C=O) groups is 1. The molecule has 0 unspecified atom stereocenters. The van der Waals surface area contributed by atoms with Crippen LogP contribution in [-0.2, 0) is 4.79 Å². The highest BCUT2D eigenvalue weighted by Crippen LogP contribution is 2.30. The molecule has 162 valence electrons. The van der Waals surface area contributed by atoms with Crippen molar-refractivity contribution < 1.29 is 4.79 Å². The molecule has 2 heterocycles.